The van der Waals surface area contributed by atoms with Crippen molar-refractivity contribution in [2.75, 3.05) is 21.3 Å². The zero-order chi connectivity index (χ0) is 12.1. The lowest BCUT2D eigenvalue weighted by atomic mass is 10.2. The highest BCUT2D eigenvalue weighted by molar-refractivity contribution is 5.72. The summed E-state index contributed by atoms with van der Waals surface area (Å²) in [5.41, 5.74) is 0. The topological polar surface area (TPSA) is 54.0 Å². The summed E-state index contributed by atoms with van der Waals surface area (Å²) in [6.07, 6.45) is 0. The lowest BCUT2D eigenvalue weighted by Crippen LogP contribution is -2.04. The third-order valence-electron chi connectivity index (χ3n) is 1.92. The predicted octanol–water partition coefficient (Wildman–Crippen LogP) is 1.64. The Morgan fingerprint density at radius 3 is 1.88 bits per heavy atom. The van der Waals surface area contributed by atoms with Gasteiger partial charge in [-0.25, -0.2) is 0 Å². The van der Waals surface area contributed by atoms with E-state index >= 15 is 0 Å². The molecule has 5 heteroatoms. The standard InChI is InChI=1S/C11H14O5/c1-7(12)16-9-6-5-8(13-2)10(14-3)11(9)15-4/h5-6H,1-4H3. The van der Waals surface area contributed by atoms with Crippen LogP contribution in [0.25, 0.3) is 0 Å². The van der Waals surface area contributed by atoms with E-state index in [1.165, 1.54) is 28.3 Å². The summed E-state index contributed by atoms with van der Waals surface area (Å²) in [6, 6.07) is 3.22. The first-order valence-corrected chi connectivity index (χ1v) is 4.61. The van der Waals surface area contributed by atoms with Gasteiger partial charge in [0.1, 0.15) is 0 Å². The molecule has 16 heavy (non-hydrogen) atoms. The van der Waals surface area contributed by atoms with Crippen LogP contribution in [-0.4, -0.2) is 27.3 Å². The van der Waals surface area contributed by atoms with Gasteiger partial charge in [-0.15, -0.1) is 0 Å². The second kappa shape index (κ2) is 5.25. The monoisotopic (exact) mass is 226 g/mol. The molecule has 0 fully saturated rings. The van der Waals surface area contributed by atoms with Gasteiger partial charge in [-0.3, -0.25) is 4.79 Å². The number of rotatable bonds is 4. The number of hydrogen-bond donors (Lipinski definition) is 0. The molecule has 0 spiro atoms. The predicted molar refractivity (Wildman–Crippen MR) is 57.4 cm³/mol. The van der Waals surface area contributed by atoms with Crippen LogP contribution in [0.15, 0.2) is 12.1 Å². The average Bonchev–Trinajstić information content (AvgIpc) is 2.27. The van der Waals surface area contributed by atoms with Gasteiger partial charge in [0.25, 0.3) is 0 Å². The van der Waals surface area contributed by atoms with E-state index in [9.17, 15) is 4.79 Å². The molecule has 88 valence electrons. The van der Waals surface area contributed by atoms with Crippen LogP contribution in [0, 0.1) is 0 Å². The molecule has 1 rings (SSSR count). The van der Waals surface area contributed by atoms with Gasteiger partial charge in [-0.1, -0.05) is 0 Å². The van der Waals surface area contributed by atoms with Crippen molar-refractivity contribution in [2.24, 2.45) is 0 Å². The second-order valence-electron chi connectivity index (χ2n) is 2.93. The Balaban J connectivity index is 3.25. The zero-order valence-corrected chi connectivity index (χ0v) is 9.70. The van der Waals surface area contributed by atoms with Crippen molar-refractivity contribution in [1.82, 2.24) is 0 Å². The molecule has 0 aliphatic carbocycles. The lowest BCUT2D eigenvalue weighted by Gasteiger charge is -2.14. The van der Waals surface area contributed by atoms with E-state index in [1.807, 2.05) is 0 Å². The van der Waals surface area contributed by atoms with Crippen molar-refractivity contribution >= 4 is 5.97 Å². The van der Waals surface area contributed by atoms with Crippen molar-refractivity contribution < 1.29 is 23.7 Å². The quantitative estimate of drug-likeness (QED) is 0.577. The Morgan fingerprint density at radius 1 is 0.938 bits per heavy atom. The Bertz CT molecular complexity index is 386. The molecule has 1 aromatic rings. The smallest absolute Gasteiger partial charge is 0.308 e. The number of carbonyl (C=O) groups is 1. The molecule has 0 radical (unpaired) electrons. The van der Waals surface area contributed by atoms with Crippen LogP contribution < -0.4 is 18.9 Å². The van der Waals surface area contributed by atoms with E-state index in [-0.39, 0.29) is 0 Å². The summed E-state index contributed by atoms with van der Waals surface area (Å²) in [4.78, 5) is 10.9. The average molecular weight is 226 g/mol. The maximum absolute atomic E-state index is 10.9. The normalized spacial score (nSPS) is 9.50. The summed E-state index contributed by atoms with van der Waals surface area (Å²) in [7, 11) is 4.46. The number of ether oxygens (including phenoxy) is 4. The van der Waals surface area contributed by atoms with Gasteiger partial charge in [0, 0.05) is 6.92 Å². The first-order chi connectivity index (χ1) is 7.63. The van der Waals surface area contributed by atoms with Crippen LogP contribution in [-0.2, 0) is 4.79 Å². The van der Waals surface area contributed by atoms with Crippen LogP contribution in [0.3, 0.4) is 0 Å². The zero-order valence-electron chi connectivity index (χ0n) is 9.70. The van der Waals surface area contributed by atoms with Gasteiger partial charge < -0.3 is 18.9 Å². The number of carbonyl (C=O) groups excluding carboxylic acids is 1. The molecule has 0 N–H and O–H groups in total. The maximum atomic E-state index is 10.9. The van der Waals surface area contributed by atoms with E-state index in [0.29, 0.717) is 23.0 Å². The van der Waals surface area contributed by atoms with Crippen LogP contribution in [0.4, 0.5) is 0 Å². The first-order valence-electron chi connectivity index (χ1n) is 4.61. The van der Waals surface area contributed by atoms with E-state index in [0.717, 1.165) is 0 Å². The van der Waals surface area contributed by atoms with E-state index in [2.05, 4.69) is 0 Å². The van der Waals surface area contributed by atoms with Gasteiger partial charge in [-0.2, -0.15) is 0 Å². The van der Waals surface area contributed by atoms with Crippen molar-refractivity contribution in [3.05, 3.63) is 12.1 Å². The number of methoxy groups -OCH3 is 3. The Hall–Kier alpha value is -1.91. The molecule has 1 aromatic carbocycles. The fourth-order valence-electron chi connectivity index (χ4n) is 1.31. The lowest BCUT2D eigenvalue weighted by molar-refractivity contribution is -0.132. The summed E-state index contributed by atoms with van der Waals surface area (Å²) in [5, 5.41) is 0. The minimum absolute atomic E-state index is 0.299. The highest BCUT2D eigenvalue weighted by Crippen LogP contribution is 2.43. The van der Waals surface area contributed by atoms with E-state index in [4.69, 9.17) is 18.9 Å². The van der Waals surface area contributed by atoms with Gasteiger partial charge in [0.15, 0.2) is 11.5 Å². The summed E-state index contributed by atoms with van der Waals surface area (Å²) < 4.78 is 20.3. The molecule has 0 saturated carbocycles. The fourth-order valence-corrected chi connectivity index (χ4v) is 1.31. The molecule has 0 aliphatic heterocycles. The summed E-state index contributed by atoms with van der Waals surface area (Å²) in [6.45, 7) is 1.32. The number of hydrogen-bond acceptors (Lipinski definition) is 5. The molecule has 0 atom stereocenters. The largest absolute Gasteiger partial charge is 0.493 e. The van der Waals surface area contributed by atoms with Crippen molar-refractivity contribution in [3.63, 3.8) is 0 Å². The molecule has 0 saturated heterocycles. The molecule has 0 heterocycles. The molecule has 0 bridgehead atoms. The van der Waals surface area contributed by atoms with Crippen LogP contribution in [0.1, 0.15) is 6.92 Å². The first kappa shape index (κ1) is 12.2. The molecule has 0 aromatic heterocycles. The van der Waals surface area contributed by atoms with Crippen LogP contribution >= 0.6 is 0 Å². The van der Waals surface area contributed by atoms with E-state index < -0.39 is 5.97 Å². The number of esters is 1. The van der Waals surface area contributed by atoms with Crippen LogP contribution in [0.2, 0.25) is 0 Å². The Labute approximate surface area is 93.9 Å². The highest BCUT2D eigenvalue weighted by Gasteiger charge is 2.17. The third-order valence-corrected chi connectivity index (χ3v) is 1.92. The Morgan fingerprint density at radius 2 is 1.44 bits per heavy atom. The highest BCUT2D eigenvalue weighted by atomic mass is 16.6. The molecule has 0 unspecified atom stereocenters. The van der Waals surface area contributed by atoms with Crippen molar-refractivity contribution in [2.45, 2.75) is 6.92 Å². The minimum atomic E-state index is -0.425. The van der Waals surface area contributed by atoms with Crippen molar-refractivity contribution in [3.8, 4) is 23.0 Å². The SMILES string of the molecule is COc1ccc(OC(C)=O)c(OC)c1OC. The van der Waals surface area contributed by atoms with Crippen LogP contribution in [0.5, 0.6) is 23.0 Å². The molecule has 0 amide bonds. The third kappa shape index (κ3) is 2.36. The van der Waals surface area contributed by atoms with E-state index in [1.54, 1.807) is 12.1 Å². The van der Waals surface area contributed by atoms with Crippen molar-refractivity contribution in [1.29, 1.82) is 0 Å². The fraction of sp³-hybridized carbons (Fsp3) is 0.364. The Kier molecular flexibility index (Phi) is 3.99. The van der Waals surface area contributed by atoms with Gasteiger partial charge in [0.05, 0.1) is 21.3 Å². The minimum Gasteiger partial charge on any atom is -0.493 e. The van der Waals surface area contributed by atoms with Gasteiger partial charge in [-0.05, 0) is 12.1 Å². The molecule has 0 aliphatic rings. The second-order valence-corrected chi connectivity index (χ2v) is 2.93. The molecule has 5 nitrogen and oxygen atoms in total. The summed E-state index contributed by atoms with van der Waals surface area (Å²) >= 11 is 0. The molecular weight excluding hydrogens is 212 g/mol. The molecular formula is C11H14O5. The summed E-state index contributed by atoms with van der Waals surface area (Å²) in [5.74, 6) is 1.11. The maximum Gasteiger partial charge on any atom is 0.308 e. The van der Waals surface area contributed by atoms with Gasteiger partial charge >= 0.3 is 5.97 Å². The van der Waals surface area contributed by atoms with Gasteiger partial charge in [0.2, 0.25) is 11.5 Å². The number of benzene rings is 1.